The number of amides is 2. The van der Waals surface area contributed by atoms with Gasteiger partial charge in [-0.3, -0.25) is 0 Å². The Morgan fingerprint density at radius 1 is 1.09 bits per heavy atom. The van der Waals surface area contributed by atoms with Gasteiger partial charge in [-0.2, -0.15) is 0 Å². The topological polar surface area (TPSA) is 50.4 Å². The predicted molar refractivity (Wildman–Crippen MR) is 80.1 cm³/mol. The lowest BCUT2D eigenvalue weighted by Crippen LogP contribution is -2.32. The summed E-state index contributed by atoms with van der Waals surface area (Å²) in [6.07, 6.45) is 0. The molecule has 2 aromatic carbocycles. The lowest BCUT2D eigenvalue weighted by atomic mass is 10.2. The Morgan fingerprint density at radius 3 is 2.50 bits per heavy atom. The van der Waals surface area contributed by atoms with Gasteiger partial charge in [0.2, 0.25) is 0 Å². The molecule has 116 valence electrons. The Morgan fingerprint density at radius 2 is 1.82 bits per heavy atom. The fraction of sp³-hybridized carbons (Fsp3) is 0.188. The number of urea groups is 1. The fourth-order valence-electron chi connectivity index (χ4n) is 1.71. The molecule has 0 fully saturated rings. The fourth-order valence-corrected chi connectivity index (χ4v) is 1.71. The molecular formula is C16H16F2N2O2. The SMILES string of the molecule is Cc1ccc(NC(=O)NCCOc2ccc(F)c(F)c2)cc1. The third-order valence-corrected chi connectivity index (χ3v) is 2.86. The highest BCUT2D eigenvalue weighted by atomic mass is 19.2. The predicted octanol–water partition coefficient (Wildman–Crippen LogP) is 3.47. The van der Waals surface area contributed by atoms with Crippen LogP contribution in [0.25, 0.3) is 0 Å². The highest BCUT2D eigenvalue weighted by Gasteiger charge is 2.04. The molecule has 22 heavy (non-hydrogen) atoms. The van der Waals surface area contributed by atoms with Crippen LogP contribution in [0.1, 0.15) is 5.56 Å². The normalized spacial score (nSPS) is 10.1. The number of benzene rings is 2. The first-order valence-electron chi connectivity index (χ1n) is 6.74. The Kier molecular flexibility index (Phi) is 5.30. The second-order valence-corrected chi connectivity index (χ2v) is 4.67. The number of halogens is 2. The number of hydrogen-bond donors (Lipinski definition) is 2. The molecular weight excluding hydrogens is 290 g/mol. The van der Waals surface area contributed by atoms with Crippen LogP contribution in [0.4, 0.5) is 19.3 Å². The van der Waals surface area contributed by atoms with E-state index in [9.17, 15) is 13.6 Å². The van der Waals surface area contributed by atoms with Crippen LogP contribution in [-0.4, -0.2) is 19.2 Å². The summed E-state index contributed by atoms with van der Waals surface area (Å²) < 4.78 is 30.9. The van der Waals surface area contributed by atoms with E-state index in [4.69, 9.17) is 4.74 Å². The van der Waals surface area contributed by atoms with Crippen molar-refractivity contribution in [3.05, 3.63) is 59.7 Å². The van der Waals surface area contributed by atoms with Crippen LogP contribution in [0.15, 0.2) is 42.5 Å². The van der Waals surface area contributed by atoms with Crippen LogP contribution < -0.4 is 15.4 Å². The number of hydrogen-bond acceptors (Lipinski definition) is 2. The van der Waals surface area contributed by atoms with Gasteiger partial charge >= 0.3 is 6.03 Å². The van der Waals surface area contributed by atoms with E-state index in [2.05, 4.69) is 10.6 Å². The first kappa shape index (κ1) is 15.8. The Labute approximate surface area is 127 Å². The van der Waals surface area contributed by atoms with E-state index in [-0.39, 0.29) is 24.9 Å². The van der Waals surface area contributed by atoms with E-state index in [0.29, 0.717) is 5.69 Å². The molecule has 0 saturated heterocycles. The summed E-state index contributed by atoms with van der Waals surface area (Å²) >= 11 is 0. The molecule has 0 saturated carbocycles. The van der Waals surface area contributed by atoms with Crippen molar-refractivity contribution in [2.75, 3.05) is 18.5 Å². The molecule has 0 aliphatic carbocycles. The monoisotopic (exact) mass is 306 g/mol. The van der Waals surface area contributed by atoms with Gasteiger partial charge in [0.15, 0.2) is 11.6 Å². The van der Waals surface area contributed by atoms with Crippen molar-refractivity contribution >= 4 is 11.7 Å². The first-order valence-corrected chi connectivity index (χ1v) is 6.74. The Balaban J connectivity index is 1.70. The van der Waals surface area contributed by atoms with E-state index in [0.717, 1.165) is 17.7 Å². The minimum absolute atomic E-state index is 0.145. The van der Waals surface area contributed by atoms with Crippen molar-refractivity contribution < 1.29 is 18.3 Å². The van der Waals surface area contributed by atoms with Gasteiger partial charge in [-0.25, -0.2) is 13.6 Å². The molecule has 0 atom stereocenters. The van der Waals surface area contributed by atoms with Crippen LogP contribution in [0.5, 0.6) is 5.75 Å². The van der Waals surface area contributed by atoms with Crippen molar-refractivity contribution in [2.24, 2.45) is 0 Å². The highest BCUT2D eigenvalue weighted by Crippen LogP contribution is 2.15. The summed E-state index contributed by atoms with van der Waals surface area (Å²) in [5.41, 5.74) is 1.79. The van der Waals surface area contributed by atoms with E-state index in [1.165, 1.54) is 6.07 Å². The smallest absolute Gasteiger partial charge is 0.319 e. The lowest BCUT2D eigenvalue weighted by molar-refractivity contribution is 0.247. The average molecular weight is 306 g/mol. The molecule has 0 unspecified atom stereocenters. The minimum atomic E-state index is -0.970. The van der Waals surface area contributed by atoms with Gasteiger partial charge in [0.05, 0.1) is 6.54 Å². The van der Waals surface area contributed by atoms with Gasteiger partial charge in [0.25, 0.3) is 0 Å². The van der Waals surface area contributed by atoms with Gasteiger partial charge in [-0.15, -0.1) is 0 Å². The quantitative estimate of drug-likeness (QED) is 0.831. The number of aryl methyl sites for hydroxylation is 1. The second-order valence-electron chi connectivity index (χ2n) is 4.67. The summed E-state index contributed by atoms with van der Waals surface area (Å²) in [6.45, 7) is 2.34. The summed E-state index contributed by atoms with van der Waals surface area (Å²) in [5, 5.41) is 5.27. The maximum atomic E-state index is 13.0. The molecule has 4 nitrogen and oxygen atoms in total. The van der Waals surface area contributed by atoms with Gasteiger partial charge in [0.1, 0.15) is 12.4 Å². The average Bonchev–Trinajstić information content (AvgIpc) is 2.49. The van der Waals surface area contributed by atoms with E-state index >= 15 is 0 Å². The van der Waals surface area contributed by atoms with E-state index < -0.39 is 11.6 Å². The largest absolute Gasteiger partial charge is 0.492 e. The molecule has 0 heterocycles. The number of ether oxygens (including phenoxy) is 1. The zero-order valence-corrected chi connectivity index (χ0v) is 12.0. The zero-order valence-electron chi connectivity index (χ0n) is 12.0. The summed E-state index contributed by atoms with van der Waals surface area (Å²) in [5.74, 6) is -1.69. The molecule has 6 heteroatoms. The van der Waals surface area contributed by atoms with Crippen molar-refractivity contribution in [3.8, 4) is 5.75 Å². The van der Waals surface area contributed by atoms with E-state index in [1.807, 2.05) is 19.1 Å². The number of anilines is 1. The Hall–Kier alpha value is -2.63. The van der Waals surface area contributed by atoms with Crippen molar-refractivity contribution in [1.82, 2.24) is 5.32 Å². The third kappa shape index (κ3) is 4.73. The summed E-state index contributed by atoms with van der Waals surface area (Å²) in [6, 6.07) is 10.3. The molecule has 2 amide bonds. The minimum Gasteiger partial charge on any atom is -0.492 e. The second kappa shape index (κ2) is 7.40. The molecule has 2 rings (SSSR count). The Bertz CT molecular complexity index is 645. The van der Waals surface area contributed by atoms with Gasteiger partial charge in [-0.1, -0.05) is 17.7 Å². The van der Waals surface area contributed by atoms with Crippen LogP contribution >= 0.6 is 0 Å². The number of carbonyl (C=O) groups excluding carboxylic acids is 1. The number of nitrogens with one attached hydrogen (secondary N) is 2. The first-order chi connectivity index (χ1) is 10.5. The van der Waals surface area contributed by atoms with Crippen LogP contribution in [0, 0.1) is 18.6 Å². The zero-order chi connectivity index (χ0) is 15.9. The maximum Gasteiger partial charge on any atom is 0.319 e. The van der Waals surface area contributed by atoms with Gasteiger partial charge < -0.3 is 15.4 Å². The molecule has 0 bridgehead atoms. The van der Waals surface area contributed by atoms with Gasteiger partial charge in [-0.05, 0) is 31.2 Å². The van der Waals surface area contributed by atoms with Crippen molar-refractivity contribution in [1.29, 1.82) is 0 Å². The highest BCUT2D eigenvalue weighted by molar-refractivity contribution is 5.89. The third-order valence-electron chi connectivity index (χ3n) is 2.86. The van der Waals surface area contributed by atoms with Crippen LogP contribution in [0.3, 0.4) is 0 Å². The molecule has 2 N–H and O–H groups in total. The molecule has 0 radical (unpaired) electrons. The van der Waals surface area contributed by atoms with Gasteiger partial charge in [0, 0.05) is 11.8 Å². The number of carbonyl (C=O) groups is 1. The molecule has 0 aliphatic rings. The van der Waals surface area contributed by atoms with Crippen LogP contribution in [-0.2, 0) is 0 Å². The molecule has 0 aromatic heterocycles. The molecule has 0 spiro atoms. The lowest BCUT2D eigenvalue weighted by Gasteiger charge is -2.09. The van der Waals surface area contributed by atoms with Crippen molar-refractivity contribution in [3.63, 3.8) is 0 Å². The maximum absolute atomic E-state index is 13.0. The number of rotatable bonds is 5. The molecule has 2 aromatic rings. The molecule has 0 aliphatic heterocycles. The van der Waals surface area contributed by atoms with Crippen LogP contribution in [0.2, 0.25) is 0 Å². The summed E-state index contributed by atoms with van der Waals surface area (Å²) in [7, 11) is 0. The van der Waals surface area contributed by atoms with E-state index in [1.54, 1.807) is 12.1 Å². The summed E-state index contributed by atoms with van der Waals surface area (Å²) in [4.78, 5) is 11.6. The standard InChI is InChI=1S/C16H16F2N2O2/c1-11-2-4-12(5-3-11)20-16(21)19-8-9-22-13-6-7-14(17)15(18)10-13/h2-7,10H,8-9H2,1H3,(H2,19,20,21). The van der Waals surface area contributed by atoms with Crippen molar-refractivity contribution in [2.45, 2.75) is 6.92 Å².